The van der Waals surface area contributed by atoms with Crippen LogP contribution in [0.3, 0.4) is 0 Å². The number of carboxylic acid groups (broad SMARTS) is 1. The Morgan fingerprint density at radius 2 is 2.00 bits per heavy atom. The average molecular weight is 261 g/mol. The van der Waals surface area contributed by atoms with Crippen molar-refractivity contribution in [3.8, 4) is 0 Å². The Bertz CT molecular complexity index is 441. The highest BCUT2D eigenvalue weighted by Crippen LogP contribution is 2.37. The number of aliphatic carboxylic acids is 1. The minimum atomic E-state index is -0.688. The van der Waals surface area contributed by atoms with Crippen LogP contribution in [0.1, 0.15) is 38.8 Å². The lowest BCUT2D eigenvalue weighted by Gasteiger charge is -2.29. The van der Waals surface area contributed by atoms with Crippen LogP contribution in [0, 0.1) is 11.3 Å². The van der Waals surface area contributed by atoms with E-state index in [1.807, 2.05) is 19.9 Å². The van der Waals surface area contributed by atoms with Gasteiger partial charge in [0, 0.05) is 12.6 Å². The molecule has 1 aromatic rings. The van der Waals surface area contributed by atoms with Gasteiger partial charge in [-0.25, -0.2) is 0 Å². The molecule has 0 unspecified atom stereocenters. The molecule has 1 aliphatic heterocycles. The van der Waals surface area contributed by atoms with Crippen molar-refractivity contribution in [3.05, 3.63) is 35.9 Å². The van der Waals surface area contributed by atoms with Gasteiger partial charge >= 0.3 is 5.97 Å². The van der Waals surface area contributed by atoms with Gasteiger partial charge in [-0.15, -0.1) is 0 Å². The van der Waals surface area contributed by atoms with Crippen LogP contribution in [0.25, 0.3) is 0 Å². The van der Waals surface area contributed by atoms with Crippen molar-refractivity contribution in [1.82, 2.24) is 4.90 Å². The number of carbonyl (C=O) groups is 1. The van der Waals surface area contributed by atoms with E-state index < -0.39 is 11.4 Å². The Balaban J connectivity index is 2.05. The molecule has 1 fully saturated rings. The minimum Gasteiger partial charge on any atom is -0.481 e. The second-order valence-corrected chi connectivity index (χ2v) is 6.09. The maximum absolute atomic E-state index is 11.3. The highest BCUT2D eigenvalue weighted by molar-refractivity contribution is 5.74. The third-order valence-electron chi connectivity index (χ3n) is 4.62. The monoisotopic (exact) mass is 261 g/mol. The molecule has 0 spiro atoms. The number of hydrogen-bond acceptors (Lipinski definition) is 2. The summed E-state index contributed by atoms with van der Waals surface area (Å²) >= 11 is 0. The molecular weight excluding hydrogens is 238 g/mol. The molecule has 0 aromatic heterocycles. The second kappa shape index (κ2) is 5.33. The number of nitrogens with zero attached hydrogens (tertiary/aromatic N) is 1. The quantitative estimate of drug-likeness (QED) is 0.905. The third kappa shape index (κ3) is 2.81. The number of rotatable bonds is 4. The number of likely N-dealkylation sites (tertiary alicyclic amines) is 1. The summed E-state index contributed by atoms with van der Waals surface area (Å²) in [7, 11) is 0. The summed E-state index contributed by atoms with van der Waals surface area (Å²) in [5.41, 5.74) is 0.668. The zero-order valence-corrected chi connectivity index (χ0v) is 12.0. The Morgan fingerprint density at radius 3 is 2.58 bits per heavy atom. The van der Waals surface area contributed by atoms with E-state index in [0.717, 1.165) is 19.5 Å². The molecule has 19 heavy (non-hydrogen) atoms. The van der Waals surface area contributed by atoms with Gasteiger partial charge in [-0.1, -0.05) is 30.3 Å². The minimum absolute atomic E-state index is 0.233. The first-order chi connectivity index (χ1) is 8.93. The molecule has 1 aliphatic rings. The second-order valence-electron chi connectivity index (χ2n) is 6.09. The third-order valence-corrected chi connectivity index (χ3v) is 4.62. The van der Waals surface area contributed by atoms with E-state index in [-0.39, 0.29) is 5.92 Å². The molecule has 1 N–H and O–H groups in total. The molecular formula is C16H23NO2. The van der Waals surface area contributed by atoms with Gasteiger partial charge < -0.3 is 5.11 Å². The fourth-order valence-corrected chi connectivity index (χ4v) is 2.85. The highest BCUT2D eigenvalue weighted by atomic mass is 16.4. The first-order valence-electron chi connectivity index (χ1n) is 6.95. The summed E-state index contributed by atoms with van der Waals surface area (Å²) in [6, 6.07) is 10.8. The summed E-state index contributed by atoms with van der Waals surface area (Å²) in [5.74, 6) is -0.456. The average Bonchev–Trinajstić information content (AvgIpc) is 2.89. The van der Waals surface area contributed by atoms with Gasteiger partial charge in [-0.2, -0.15) is 0 Å². The van der Waals surface area contributed by atoms with E-state index in [9.17, 15) is 9.90 Å². The molecule has 0 amide bonds. The Morgan fingerprint density at radius 1 is 1.37 bits per heavy atom. The normalized spacial score (nSPS) is 22.4. The lowest BCUT2D eigenvalue weighted by atomic mass is 9.78. The van der Waals surface area contributed by atoms with Crippen LogP contribution in [-0.2, 0) is 4.79 Å². The van der Waals surface area contributed by atoms with E-state index in [4.69, 9.17) is 0 Å². The van der Waals surface area contributed by atoms with Gasteiger partial charge in [-0.3, -0.25) is 9.69 Å². The number of benzene rings is 1. The van der Waals surface area contributed by atoms with Gasteiger partial charge in [0.05, 0.1) is 5.41 Å². The first kappa shape index (κ1) is 14.1. The Hall–Kier alpha value is -1.35. The topological polar surface area (TPSA) is 40.5 Å². The van der Waals surface area contributed by atoms with E-state index in [1.165, 1.54) is 5.56 Å². The van der Waals surface area contributed by atoms with E-state index in [2.05, 4.69) is 36.1 Å². The molecule has 3 nitrogen and oxygen atoms in total. The van der Waals surface area contributed by atoms with Crippen molar-refractivity contribution >= 4 is 5.97 Å². The van der Waals surface area contributed by atoms with Crippen molar-refractivity contribution in [3.63, 3.8) is 0 Å². The lowest BCUT2D eigenvalue weighted by Crippen LogP contribution is -2.35. The maximum Gasteiger partial charge on any atom is 0.309 e. The van der Waals surface area contributed by atoms with Gasteiger partial charge in [-0.05, 0) is 45.2 Å². The van der Waals surface area contributed by atoms with E-state index in [1.54, 1.807) is 0 Å². The summed E-state index contributed by atoms with van der Waals surface area (Å²) in [5, 5.41) is 9.33. The van der Waals surface area contributed by atoms with Crippen molar-refractivity contribution in [1.29, 1.82) is 0 Å². The smallest absolute Gasteiger partial charge is 0.309 e. The fraction of sp³-hybridized carbons (Fsp3) is 0.562. The summed E-state index contributed by atoms with van der Waals surface area (Å²) in [4.78, 5) is 13.7. The van der Waals surface area contributed by atoms with E-state index in [0.29, 0.717) is 6.04 Å². The summed E-state index contributed by atoms with van der Waals surface area (Å²) < 4.78 is 0. The van der Waals surface area contributed by atoms with Crippen LogP contribution >= 0.6 is 0 Å². The summed E-state index contributed by atoms with van der Waals surface area (Å²) in [6.07, 6.45) is 0.969. The highest BCUT2D eigenvalue weighted by Gasteiger charge is 2.41. The standard InChI is InChI=1S/C16H23NO2/c1-12(13-7-5-4-6-8-13)17-10-9-14(11-17)16(2,3)15(18)19/h4-8,12,14H,9-11H2,1-3H3,(H,18,19)/t12-,14+/m0/s1. The van der Waals surface area contributed by atoms with Gasteiger partial charge in [0.1, 0.15) is 0 Å². The molecule has 2 atom stereocenters. The molecule has 0 aliphatic carbocycles. The fourth-order valence-electron chi connectivity index (χ4n) is 2.85. The Kier molecular flexibility index (Phi) is 3.95. The molecule has 104 valence electrons. The molecule has 1 saturated heterocycles. The van der Waals surface area contributed by atoms with Crippen LogP contribution in [0.5, 0.6) is 0 Å². The zero-order chi connectivity index (χ0) is 14.0. The molecule has 3 heteroatoms. The maximum atomic E-state index is 11.3. The molecule has 0 saturated carbocycles. The van der Waals surface area contributed by atoms with Crippen molar-refractivity contribution < 1.29 is 9.90 Å². The largest absolute Gasteiger partial charge is 0.481 e. The first-order valence-corrected chi connectivity index (χ1v) is 6.95. The predicted octanol–water partition coefficient (Wildman–Crippen LogP) is 3.18. The molecule has 1 heterocycles. The molecule has 0 bridgehead atoms. The SMILES string of the molecule is C[C@@H](c1ccccc1)N1CC[C@@H](C(C)(C)C(=O)O)C1. The van der Waals surface area contributed by atoms with Crippen LogP contribution in [0.4, 0.5) is 0 Å². The van der Waals surface area contributed by atoms with Crippen LogP contribution in [0.15, 0.2) is 30.3 Å². The van der Waals surface area contributed by atoms with Gasteiger partial charge in [0.25, 0.3) is 0 Å². The predicted molar refractivity (Wildman–Crippen MR) is 76.0 cm³/mol. The Labute approximate surface area is 115 Å². The lowest BCUT2D eigenvalue weighted by molar-refractivity contribution is -0.149. The van der Waals surface area contributed by atoms with Crippen molar-refractivity contribution in [2.45, 2.75) is 33.2 Å². The van der Waals surface area contributed by atoms with Gasteiger partial charge in [0.2, 0.25) is 0 Å². The van der Waals surface area contributed by atoms with Crippen LogP contribution in [-0.4, -0.2) is 29.1 Å². The molecule has 0 radical (unpaired) electrons. The van der Waals surface area contributed by atoms with Crippen molar-refractivity contribution in [2.24, 2.45) is 11.3 Å². The zero-order valence-electron chi connectivity index (χ0n) is 12.0. The van der Waals surface area contributed by atoms with Crippen LogP contribution in [0.2, 0.25) is 0 Å². The van der Waals surface area contributed by atoms with Crippen LogP contribution < -0.4 is 0 Å². The number of carboxylic acids is 1. The van der Waals surface area contributed by atoms with Gasteiger partial charge in [0.15, 0.2) is 0 Å². The molecule has 1 aromatic carbocycles. The molecule has 2 rings (SSSR count). The number of hydrogen-bond donors (Lipinski definition) is 1. The van der Waals surface area contributed by atoms with Crippen molar-refractivity contribution in [2.75, 3.05) is 13.1 Å². The summed E-state index contributed by atoms with van der Waals surface area (Å²) in [6.45, 7) is 7.74. The van der Waals surface area contributed by atoms with E-state index >= 15 is 0 Å².